The molecule has 2 N–H and O–H groups in total. The van der Waals surface area contributed by atoms with E-state index in [1.807, 2.05) is 60.2 Å². The van der Waals surface area contributed by atoms with Gasteiger partial charge in [-0.3, -0.25) is 4.90 Å². The van der Waals surface area contributed by atoms with Gasteiger partial charge in [-0.25, -0.2) is 9.78 Å². The molecular weight excluding hydrogens is 390 g/mol. The van der Waals surface area contributed by atoms with Crippen molar-refractivity contribution in [3.63, 3.8) is 0 Å². The van der Waals surface area contributed by atoms with Crippen molar-refractivity contribution >= 4 is 6.03 Å². The van der Waals surface area contributed by atoms with Gasteiger partial charge >= 0.3 is 6.03 Å². The Bertz CT molecular complexity index is 938. The molecule has 2 atom stereocenters. The Kier molecular flexibility index (Phi) is 6.96. The van der Waals surface area contributed by atoms with Crippen molar-refractivity contribution in [3.8, 4) is 5.69 Å². The van der Waals surface area contributed by atoms with E-state index in [2.05, 4.69) is 32.7 Å². The van der Waals surface area contributed by atoms with Gasteiger partial charge in [0.05, 0.1) is 31.6 Å². The van der Waals surface area contributed by atoms with Crippen LogP contribution in [0.5, 0.6) is 0 Å². The summed E-state index contributed by atoms with van der Waals surface area (Å²) in [6.45, 7) is 5.98. The SMILES string of the molecule is C[C@H](NC(=O)N[C@@H](CN1CCOCC1)c1ccccc1)c1ccc(-n2ccnc2)cc1. The molecule has 0 radical (unpaired) electrons. The highest BCUT2D eigenvalue weighted by Gasteiger charge is 2.21. The molecule has 7 nitrogen and oxygen atoms in total. The zero-order chi connectivity index (χ0) is 21.5. The van der Waals surface area contributed by atoms with Crippen molar-refractivity contribution in [1.82, 2.24) is 25.1 Å². The number of benzene rings is 2. The summed E-state index contributed by atoms with van der Waals surface area (Å²) < 4.78 is 7.40. The van der Waals surface area contributed by atoms with Gasteiger partial charge in [0.1, 0.15) is 0 Å². The van der Waals surface area contributed by atoms with E-state index in [-0.39, 0.29) is 18.1 Å². The van der Waals surface area contributed by atoms with E-state index in [4.69, 9.17) is 4.74 Å². The third kappa shape index (κ3) is 5.71. The second kappa shape index (κ2) is 10.2. The molecule has 2 heterocycles. The Morgan fingerprint density at radius 3 is 2.45 bits per heavy atom. The van der Waals surface area contributed by atoms with Crippen LogP contribution in [-0.4, -0.2) is 53.3 Å². The van der Waals surface area contributed by atoms with Gasteiger partial charge in [-0.2, -0.15) is 0 Å². The lowest BCUT2D eigenvalue weighted by atomic mass is 10.1. The van der Waals surface area contributed by atoms with Crippen LogP contribution in [0.4, 0.5) is 4.79 Å². The van der Waals surface area contributed by atoms with E-state index in [0.717, 1.165) is 49.7 Å². The number of nitrogens with one attached hydrogen (secondary N) is 2. The molecular formula is C24H29N5O2. The molecule has 31 heavy (non-hydrogen) atoms. The van der Waals surface area contributed by atoms with Gasteiger partial charge in [0.25, 0.3) is 0 Å². The van der Waals surface area contributed by atoms with E-state index in [0.29, 0.717) is 0 Å². The van der Waals surface area contributed by atoms with Crippen LogP contribution >= 0.6 is 0 Å². The van der Waals surface area contributed by atoms with Crippen LogP contribution in [0, 0.1) is 0 Å². The number of hydrogen-bond acceptors (Lipinski definition) is 4. The summed E-state index contributed by atoms with van der Waals surface area (Å²) in [5.41, 5.74) is 3.18. The molecule has 1 saturated heterocycles. The standard InChI is InChI=1S/C24H29N5O2/c1-19(20-7-9-22(10-8-20)29-12-11-25-18-29)26-24(30)27-23(21-5-3-2-4-6-21)17-28-13-15-31-16-14-28/h2-12,18-19,23H,13-17H2,1H3,(H2,26,27,30)/t19-,23-/m0/s1. The van der Waals surface area contributed by atoms with Gasteiger partial charge in [-0.05, 0) is 30.2 Å². The van der Waals surface area contributed by atoms with Crippen LogP contribution in [0.1, 0.15) is 30.1 Å². The van der Waals surface area contributed by atoms with Gasteiger partial charge in [0.2, 0.25) is 0 Å². The number of amides is 2. The quantitative estimate of drug-likeness (QED) is 0.616. The number of nitrogens with zero attached hydrogens (tertiary/aromatic N) is 3. The van der Waals surface area contributed by atoms with Gasteiger partial charge in [-0.15, -0.1) is 0 Å². The molecule has 0 unspecified atom stereocenters. The number of rotatable bonds is 7. The lowest BCUT2D eigenvalue weighted by Gasteiger charge is -2.31. The summed E-state index contributed by atoms with van der Waals surface area (Å²) in [5.74, 6) is 0. The Morgan fingerprint density at radius 1 is 1.03 bits per heavy atom. The maximum Gasteiger partial charge on any atom is 0.315 e. The normalized spacial score (nSPS) is 16.4. The van der Waals surface area contributed by atoms with Crippen molar-refractivity contribution in [1.29, 1.82) is 0 Å². The maximum absolute atomic E-state index is 12.8. The molecule has 162 valence electrons. The van der Waals surface area contributed by atoms with Crippen LogP contribution < -0.4 is 10.6 Å². The number of carbonyl (C=O) groups is 1. The number of hydrogen-bond donors (Lipinski definition) is 2. The summed E-state index contributed by atoms with van der Waals surface area (Å²) in [4.78, 5) is 19.2. The van der Waals surface area contributed by atoms with Crippen LogP contribution in [0.15, 0.2) is 73.3 Å². The Morgan fingerprint density at radius 2 is 1.77 bits per heavy atom. The fourth-order valence-electron chi connectivity index (χ4n) is 3.79. The number of aromatic nitrogens is 2. The van der Waals surface area contributed by atoms with Crippen molar-refractivity contribution in [3.05, 3.63) is 84.4 Å². The van der Waals surface area contributed by atoms with E-state index in [1.165, 1.54) is 0 Å². The average molecular weight is 420 g/mol. The zero-order valence-corrected chi connectivity index (χ0v) is 17.8. The van der Waals surface area contributed by atoms with Crippen molar-refractivity contribution in [2.24, 2.45) is 0 Å². The van der Waals surface area contributed by atoms with Crippen LogP contribution in [-0.2, 0) is 4.74 Å². The number of urea groups is 1. The fourth-order valence-corrected chi connectivity index (χ4v) is 3.79. The Balaban J connectivity index is 1.38. The highest BCUT2D eigenvalue weighted by atomic mass is 16.5. The van der Waals surface area contributed by atoms with E-state index >= 15 is 0 Å². The topological polar surface area (TPSA) is 71.4 Å². The van der Waals surface area contributed by atoms with Crippen molar-refractivity contribution in [2.75, 3.05) is 32.8 Å². The first-order valence-corrected chi connectivity index (χ1v) is 10.7. The van der Waals surface area contributed by atoms with Crippen LogP contribution in [0.25, 0.3) is 5.69 Å². The molecule has 2 aromatic carbocycles. The molecule has 3 aromatic rings. The number of carbonyl (C=O) groups excluding carboxylic acids is 1. The van der Waals surface area contributed by atoms with Gasteiger partial charge in [0.15, 0.2) is 0 Å². The fraction of sp³-hybridized carbons (Fsp3) is 0.333. The number of imidazole rings is 1. The summed E-state index contributed by atoms with van der Waals surface area (Å²) in [6.07, 6.45) is 5.42. The minimum absolute atomic E-state index is 0.0879. The summed E-state index contributed by atoms with van der Waals surface area (Å²) in [6, 6.07) is 17.9. The lowest BCUT2D eigenvalue weighted by Crippen LogP contribution is -2.46. The number of morpholine rings is 1. The minimum atomic E-state index is -0.173. The Hall–Kier alpha value is -3.16. The predicted octanol–water partition coefficient (Wildman–Crippen LogP) is 3.31. The second-order valence-corrected chi connectivity index (χ2v) is 7.78. The highest BCUT2D eigenvalue weighted by molar-refractivity contribution is 5.75. The third-order valence-corrected chi connectivity index (χ3v) is 5.59. The van der Waals surface area contributed by atoms with E-state index in [9.17, 15) is 4.79 Å². The van der Waals surface area contributed by atoms with E-state index in [1.54, 1.807) is 12.5 Å². The van der Waals surface area contributed by atoms with Gasteiger partial charge < -0.3 is 19.9 Å². The molecule has 0 bridgehead atoms. The zero-order valence-electron chi connectivity index (χ0n) is 17.8. The molecule has 0 saturated carbocycles. The second-order valence-electron chi connectivity index (χ2n) is 7.78. The molecule has 2 amide bonds. The van der Waals surface area contributed by atoms with Crippen molar-refractivity contribution < 1.29 is 9.53 Å². The average Bonchev–Trinajstić information content (AvgIpc) is 3.35. The first-order valence-electron chi connectivity index (χ1n) is 10.7. The predicted molar refractivity (Wildman–Crippen MR) is 120 cm³/mol. The summed E-state index contributed by atoms with van der Waals surface area (Å²) in [7, 11) is 0. The molecule has 0 aliphatic carbocycles. The largest absolute Gasteiger partial charge is 0.379 e. The minimum Gasteiger partial charge on any atom is -0.379 e. The summed E-state index contributed by atoms with van der Waals surface area (Å²) >= 11 is 0. The molecule has 7 heteroatoms. The monoisotopic (exact) mass is 419 g/mol. The first kappa shape index (κ1) is 21.1. The smallest absolute Gasteiger partial charge is 0.315 e. The van der Waals surface area contributed by atoms with E-state index < -0.39 is 0 Å². The van der Waals surface area contributed by atoms with Gasteiger partial charge in [-0.1, -0.05) is 42.5 Å². The lowest BCUT2D eigenvalue weighted by molar-refractivity contribution is 0.0339. The molecule has 1 fully saturated rings. The van der Waals surface area contributed by atoms with Crippen molar-refractivity contribution in [2.45, 2.75) is 19.0 Å². The first-order chi connectivity index (χ1) is 15.2. The summed E-state index contributed by atoms with van der Waals surface area (Å²) in [5, 5.41) is 6.25. The van der Waals surface area contributed by atoms with Gasteiger partial charge in [0, 0.05) is 37.7 Å². The molecule has 1 aliphatic heterocycles. The number of ether oxygens (including phenoxy) is 1. The molecule has 1 aliphatic rings. The molecule has 4 rings (SSSR count). The third-order valence-electron chi connectivity index (χ3n) is 5.59. The maximum atomic E-state index is 12.8. The van der Waals surface area contributed by atoms with Crippen LogP contribution in [0.2, 0.25) is 0 Å². The highest BCUT2D eigenvalue weighted by Crippen LogP contribution is 2.18. The Labute approximate surface area is 183 Å². The molecule has 1 aromatic heterocycles. The van der Waals surface area contributed by atoms with Crippen LogP contribution in [0.3, 0.4) is 0 Å². The molecule has 0 spiro atoms.